The molecule has 11 nitrogen and oxygen atoms in total. The van der Waals surface area contributed by atoms with Crippen LogP contribution in [-0.2, 0) is 28.7 Å². The highest BCUT2D eigenvalue weighted by Crippen LogP contribution is 2.61. The van der Waals surface area contributed by atoms with Gasteiger partial charge in [-0.25, -0.2) is 0 Å². The van der Waals surface area contributed by atoms with Crippen molar-refractivity contribution >= 4 is 45.3 Å². The van der Waals surface area contributed by atoms with Gasteiger partial charge >= 0.3 is 5.97 Å². The molecule has 9 atom stereocenters. The lowest BCUT2D eigenvalue weighted by atomic mass is 9.70. The molecule has 2 aromatic carbocycles. The molecule has 3 aliphatic heterocycles. The quantitative estimate of drug-likeness (QED) is 0.146. The third-order valence-corrected chi connectivity index (χ3v) is 10.9. The molecule has 0 aromatic heterocycles. The summed E-state index contributed by atoms with van der Waals surface area (Å²) >= 11 is 3.72. The number of nitrogens with zero attached hydrogens (tertiary/aromatic N) is 2. The number of hydrogen-bond donors (Lipinski definition) is 2. The summed E-state index contributed by atoms with van der Waals surface area (Å²) in [6.45, 7) is 10.9. The van der Waals surface area contributed by atoms with Gasteiger partial charge in [-0.15, -0.1) is 13.2 Å². The number of anilines is 1. The maximum atomic E-state index is 14.8. The molecule has 2 N–H and O–H groups in total. The Kier molecular flexibility index (Phi) is 11.9. The summed E-state index contributed by atoms with van der Waals surface area (Å²) in [7, 11) is 1.55. The normalized spacial score (nSPS) is 26.8. The van der Waals surface area contributed by atoms with E-state index in [-0.39, 0.29) is 36.7 Å². The number of aliphatic hydroxyl groups excluding tert-OH is 1. The number of aliphatic hydroxyl groups is 1. The third kappa shape index (κ3) is 6.85. The van der Waals surface area contributed by atoms with Crippen molar-refractivity contribution in [1.29, 1.82) is 0 Å². The molecule has 2 aromatic rings. The predicted octanol–water partition coefficient (Wildman–Crippen LogP) is 4.49. The molecule has 0 saturated carbocycles. The molecule has 0 radical (unpaired) electrons. The molecule has 268 valence electrons. The fourth-order valence-corrected chi connectivity index (χ4v) is 8.67. The zero-order valence-corrected chi connectivity index (χ0v) is 30.3. The molecule has 3 aliphatic rings. The maximum absolute atomic E-state index is 14.8. The SMILES string of the molecule is C=CCCC(=O)N[C@@H](C)[C@H](OC(=O)[C@H]1[C@@H]2O[C@@]3(CC2Br)[C@@H]1C(=O)N([C@@H](CC)CO)[C@@H]3C(=O)N(CC=C)c1ccc(OC)cc1)c1ccccc1. The van der Waals surface area contributed by atoms with Gasteiger partial charge < -0.3 is 34.4 Å². The van der Waals surface area contributed by atoms with Crippen molar-refractivity contribution in [2.24, 2.45) is 11.8 Å². The van der Waals surface area contributed by atoms with Gasteiger partial charge in [-0.1, -0.05) is 65.3 Å². The lowest BCUT2D eigenvalue weighted by Gasteiger charge is -2.39. The van der Waals surface area contributed by atoms with E-state index in [1.54, 1.807) is 50.5 Å². The Morgan fingerprint density at radius 3 is 2.46 bits per heavy atom. The second kappa shape index (κ2) is 15.9. The fraction of sp³-hybridized carbons (Fsp3) is 0.474. The first-order chi connectivity index (χ1) is 24.1. The molecule has 1 unspecified atom stereocenters. The van der Waals surface area contributed by atoms with Gasteiger partial charge in [0.15, 0.2) is 0 Å². The summed E-state index contributed by atoms with van der Waals surface area (Å²) in [4.78, 5) is 59.2. The number of hydrogen-bond acceptors (Lipinski definition) is 8. The first kappa shape index (κ1) is 37.3. The minimum atomic E-state index is -1.38. The van der Waals surface area contributed by atoms with Gasteiger partial charge in [-0.2, -0.15) is 0 Å². The van der Waals surface area contributed by atoms with E-state index in [1.807, 2.05) is 37.3 Å². The highest BCUT2D eigenvalue weighted by Gasteiger charge is 2.77. The molecule has 3 saturated heterocycles. The molecular weight excluding hydrogens is 706 g/mol. The van der Waals surface area contributed by atoms with Gasteiger partial charge in [0.1, 0.15) is 23.5 Å². The van der Waals surface area contributed by atoms with Crippen LogP contribution >= 0.6 is 15.9 Å². The Balaban J connectivity index is 1.52. The number of amides is 3. The second-order valence-corrected chi connectivity index (χ2v) is 14.2. The summed E-state index contributed by atoms with van der Waals surface area (Å²) in [5, 5.41) is 13.4. The average molecular weight is 753 g/mol. The summed E-state index contributed by atoms with van der Waals surface area (Å²) in [6.07, 6.45) is 3.02. The van der Waals surface area contributed by atoms with Crippen molar-refractivity contribution in [2.45, 2.75) is 80.3 Å². The van der Waals surface area contributed by atoms with Crippen molar-refractivity contribution in [3.8, 4) is 5.75 Å². The van der Waals surface area contributed by atoms with Crippen LogP contribution in [0.2, 0.25) is 0 Å². The van der Waals surface area contributed by atoms with Crippen LogP contribution in [0.5, 0.6) is 5.75 Å². The van der Waals surface area contributed by atoms with Crippen LogP contribution in [0.1, 0.15) is 51.2 Å². The van der Waals surface area contributed by atoms with Crippen LogP contribution in [0.4, 0.5) is 5.69 Å². The first-order valence-corrected chi connectivity index (χ1v) is 17.9. The minimum Gasteiger partial charge on any atom is -0.497 e. The lowest BCUT2D eigenvalue weighted by molar-refractivity contribution is -0.162. The number of allylic oxidation sites excluding steroid dienone is 1. The Morgan fingerprint density at radius 2 is 1.86 bits per heavy atom. The van der Waals surface area contributed by atoms with Crippen molar-refractivity contribution in [2.75, 3.05) is 25.2 Å². The largest absolute Gasteiger partial charge is 0.497 e. The van der Waals surface area contributed by atoms with Gasteiger partial charge in [0.2, 0.25) is 11.8 Å². The Labute approximate surface area is 301 Å². The van der Waals surface area contributed by atoms with Crippen LogP contribution in [0, 0.1) is 11.8 Å². The van der Waals surface area contributed by atoms with Crippen LogP contribution in [0.15, 0.2) is 79.9 Å². The first-order valence-electron chi connectivity index (χ1n) is 17.0. The lowest BCUT2D eigenvalue weighted by Crippen LogP contribution is -2.59. The van der Waals surface area contributed by atoms with E-state index in [1.165, 1.54) is 9.80 Å². The van der Waals surface area contributed by atoms with Crippen molar-refractivity contribution in [3.05, 3.63) is 85.5 Å². The minimum absolute atomic E-state index is 0.141. The van der Waals surface area contributed by atoms with Gasteiger partial charge in [-0.3, -0.25) is 19.2 Å². The number of esters is 1. The number of benzene rings is 2. The summed E-state index contributed by atoms with van der Waals surface area (Å²) in [6, 6.07) is 13.6. The van der Waals surface area contributed by atoms with Gasteiger partial charge in [0, 0.05) is 23.5 Å². The Bertz CT molecular complexity index is 1570. The number of nitrogens with one attached hydrogen (secondary N) is 1. The molecule has 5 rings (SSSR count). The monoisotopic (exact) mass is 751 g/mol. The van der Waals surface area contributed by atoms with Crippen LogP contribution in [0.25, 0.3) is 0 Å². The van der Waals surface area contributed by atoms with E-state index >= 15 is 0 Å². The number of carbonyl (C=O) groups excluding carboxylic acids is 4. The molecule has 50 heavy (non-hydrogen) atoms. The topological polar surface area (TPSA) is 135 Å². The van der Waals surface area contributed by atoms with E-state index in [4.69, 9.17) is 14.2 Å². The zero-order chi connectivity index (χ0) is 36.2. The molecule has 1 spiro atoms. The third-order valence-electron chi connectivity index (χ3n) is 10.1. The van der Waals surface area contributed by atoms with Crippen molar-refractivity contribution in [1.82, 2.24) is 10.2 Å². The van der Waals surface area contributed by atoms with Crippen LogP contribution in [0.3, 0.4) is 0 Å². The number of methoxy groups -OCH3 is 1. The number of likely N-dealkylation sites (tertiary alicyclic amines) is 1. The molecule has 0 aliphatic carbocycles. The van der Waals surface area contributed by atoms with Crippen LogP contribution in [-0.4, -0.2) is 88.6 Å². The van der Waals surface area contributed by atoms with Gasteiger partial charge in [-0.05, 0) is 56.0 Å². The maximum Gasteiger partial charge on any atom is 0.313 e. The number of halogens is 1. The van der Waals surface area contributed by atoms with E-state index in [9.17, 15) is 24.3 Å². The van der Waals surface area contributed by atoms with Gasteiger partial charge in [0.25, 0.3) is 5.91 Å². The smallest absolute Gasteiger partial charge is 0.313 e. The molecule has 3 amide bonds. The summed E-state index contributed by atoms with van der Waals surface area (Å²) in [5.41, 5.74) is -0.142. The summed E-state index contributed by atoms with van der Waals surface area (Å²) < 4.78 is 18.3. The Morgan fingerprint density at radius 1 is 1.16 bits per heavy atom. The van der Waals surface area contributed by atoms with E-state index in [0.717, 1.165) is 0 Å². The molecule has 3 fully saturated rings. The van der Waals surface area contributed by atoms with Gasteiger partial charge in [0.05, 0.1) is 43.7 Å². The Hall–Kier alpha value is -4.00. The number of ether oxygens (including phenoxy) is 3. The number of carbonyl (C=O) groups is 4. The fourth-order valence-electron chi connectivity index (χ4n) is 7.72. The average Bonchev–Trinajstić information content (AvgIpc) is 3.72. The number of alkyl halides is 1. The predicted molar refractivity (Wildman–Crippen MR) is 192 cm³/mol. The molecular formula is C38H46BrN3O8. The molecule has 3 heterocycles. The standard InChI is InChI=1S/C38H46BrN3O8/c1-6-9-15-29(44)40-23(4)32(24-13-11-10-12-14-24)49-37(47)30-31-35(45)42(25(8-3)22-43)34(38(31)21-28(39)33(30)50-38)36(46)41(20-7-2)26-16-18-27(48-5)19-17-26/h6-7,10-14,16-19,23,25,28,30-34,43H,1-2,8-9,15,20-22H2,3-5H3,(H,40,44)/t23-,25-,28?,30+,31-,32-,33+,34+,38-/m0/s1. The molecule has 2 bridgehead atoms. The van der Waals surface area contributed by atoms with E-state index in [2.05, 4.69) is 34.4 Å². The highest BCUT2D eigenvalue weighted by atomic mass is 79.9. The van der Waals surface area contributed by atoms with Crippen molar-refractivity contribution in [3.63, 3.8) is 0 Å². The number of fused-ring (bicyclic) bond motifs is 1. The molecule has 12 heteroatoms. The van der Waals surface area contributed by atoms with E-state index in [0.29, 0.717) is 29.8 Å². The van der Waals surface area contributed by atoms with Crippen LogP contribution < -0.4 is 15.0 Å². The van der Waals surface area contributed by atoms with Crippen molar-refractivity contribution < 1.29 is 38.5 Å². The summed E-state index contributed by atoms with van der Waals surface area (Å²) in [5.74, 6) is -3.21. The number of rotatable bonds is 16. The second-order valence-electron chi connectivity index (χ2n) is 13.0. The highest BCUT2D eigenvalue weighted by molar-refractivity contribution is 9.09. The van der Waals surface area contributed by atoms with E-state index < -0.39 is 65.6 Å². The zero-order valence-electron chi connectivity index (χ0n) is 28.7.